The average Bonchev–Trinajstić information content (AvgIpc) is 3.28. The van der Waals surface area contributed by atoms with E-state index in [4.69, 9.17) is 0 Å². The largest absolute Gasteiger partial charge is 0.478 e. The van der Waals surface area contributed by atoms with Gasteiger partial charge in [0.05, 0.1) is 11.1 Å². The summed E-state index contributed by atoms with van der Waals surface area (Å²) < 4.78 is 2.13. The van der Waals surface area contributed by atoms with Crippen molar-refractivity contribution in [3.63, 3.8) is 0 Å². The van der Waals surface area contributed by atoms with Crippen molar-refractivity contribution in [2.24, 2.45) is 0 Å². The molecule has 5 rings (SSSR count). The molecule has 1 atom stereocenters. The molecule has 1 fully saturated rings. The molecule has 3 aromatic carbocycles. The Labute approximate surface area is 223 Å². The van der Waals surface area contributed by atoms with Crippen LogP contribution in [-0.4, -0.2) is 45.6 Å². The Balaban J connectivity index is 1.36. The second kappa shape index (κ2) is 10.8. The van der Waals surface area contributed by atoms with Gasteiger partial charge in [0.15, 0.2) is 0 Å². The van der Waals surface area contributed by atoms with Crippen LogP contribution in [0.4, 0.5) is 0 Å². The Hall–Kier alpha value is -3.90. The number of nitrogens with one attached hydrogen (secondary N) is 1. The minimum atomic E-state index is -0.918. The third-order valence-corrected chi connectivity index (χ3v) is 7.61. The van der Waals surface area contributed by atoms with Gasteiger partial charge in [-0.15, -0.1) is 0 Å². The first-order valence-corrected chi connectivity index (χ1v) is 13.4. The molecule has 1 aliphatic rings. The zero-order valence-corrected chi connectivity index (χ0v) is 22.3. The molecule has 1 amide bonds. The number of fused-ring (bicyclic) bond motifs is 1. The van der Waals surface area contributed by atoms with E-state index >= 15 is 0 Å². The fraction of sp³-hybridized carbons (Fsp3) is 0.312. The number of para-hydroxylation sites is 1. The van der Waals surface area contributed by atoms with Crippen LogP contribution in [-0.2, 0) is 6.54 Å². The second-order valence-corrected chi connectivity index (χ2v) is 10.6. The molecule has 0 saturated carbocycles. The fourth-order valence-corrected chi connectivity index (χ4v) is 5.39. The molecule has 1 saturated heterocycles. The van der Waals surface area contributed by atoms with Crippen LogP contribution in [0, 0.1) is 6.92 Å². The molecular formula is C32H35N3O3. The Bertz CT molecular complexity index is 1460. The molecule has 38 heavy (non-hydrogen) atoms. The summed E-state index contributed by atoms with van der Waals surface area (Å²) in [5.74, 6) is -0.404. The number of hydrogen-bond donors (Lipinski definition) is 2. The monoisotopic (exact) mass is 509 g/mol. The number of carbonyl (C=O) groups excluding carboxylic acids is 1. The van der Waals surface area contributed by atoms with Crippen molar-refractivity contribution in [1.82, 2.24) is 14.8 Å². The lowest BCUT2D eigenvalue weighted by Crippen LogP contribution is -2.47. The molecule has 2 heterocycles. The highest BCUT2D eigenvalue weighted by Crippen LogP contribution is 2.29. The first-order valence-electron chi connectivity index (χ1n) is 13.4. The van der Waals surface area contributed by atoms with Gasteiger partial charge in [0.1, 0.15) is 0 Å². The lowest BCUT2D eigenvalue weighted by molar-refractivity contribution is 0.0687. The lowest BCUT2D eigenvalue weighted by atomic mass is 10.00. The van der Waals surface area contributed by atoms with E-state index in [1.807, 2.05) is 60.4 Å². The first kappa shape index (κ1) is 25.7. The summed E-state index contributed by atoms with van der Waals surface area (Å²) in [5, 5.41) is 14.3. The van der Waals surface area contributed by atoms with Gasteiger partial charge in [-0.25, -0.2) is 4.79 Å². The van der Waals surface area contributed by atoms with Crippen LogP contribution in [0.3, 0.4) is 0 Å². The number of benzene rings is 3. The Kier molecular flexibility index (Phi) is 7.34. The summed E-state index contributed by atoms with van der Waals surface area (Å²) in [6, 6.07) is 22.0. The van der Waals surface area contributed by atoms with Gasteiger partial charge in [0, 0.05) is 48.5 Å². The van der Waals surface area contributed by atoms with E-state index in [0.29, 0.717) is 24.6 Å². The van der Waals surface area contributed by atoms with Crippen LogP contribution in [0.25, 0.3) is 16.6 Å². The number of amides is 1. The number of aryl methyl sites for hydroxylation is 1. The highest BCUT2D eigenvalue weighted by molar-refractivity contribution is 5.97. The Morgan fingerprint density at radius 2 is 1.79 bits per heavy atom. The van der Waals surface area contributed by atoms with E-state index in [1.54, 1.807) is 6.07 Å². The van der Waals surface area contributed by atoms with E-state index in [9.17, 15) is 14.7 Å². The average molecular weight is 510 g/mol. The zero-order chi connectivity index (χ0) is 26.8. The summed E-state index contributed by atoms with van der Waals surface area (Å²) in [7, 11) is 0. The molecule has 0 aliphatic carbocycles. The lowest BCUT2D eigenvalue weighted by Gasteiger charge is -2.33. The third-order valence-electron chi connectivity index (χ3n) is 7.61. The molecule has 4 aromatic rings. The van der Waals surface area contributed by atoms with Gasteiger partial charge in [0.25, 0.3) is 5.91 Å². The summed E-state index contributed by atoms with van der Waals surface area (Å²) >= 11 is 0. The zero-order valence-electron chi connectivity index (χ0n) is 22.3. The molecule has 6 nitrogen and oxygen atoms in total. The number of nitrogens with zero attached hydrogens (tertiary/aromatic N) is 2. The molecule has 1 aliphatic heterocycles. The van der Waals surface area contributed by atoms with Crippen LogP contribution in [0.5, 0.6) is 0 Å². The van der Waals surface area contributed by atoms with E-state index in [-0.39, 0.29) is 11.9 Å². The number of rotatable bonds is 7. The van der Waals surface area contributed by atoms with Gasteiger partial charge >= 0.3 is 5.97 Å². The summed E-state index contributed by atoms with van der Waals surface area (Å²) in [4.78, 5) is 27.0. The number of piperidine rings is 1. The number of aromatic carboxylic acids is 1. The molecule has 1 unspecified atom stereocenters. The minimum absolute atomic E-state index is 0.0778. The fourth-order valence-electron chi connectivity index (χ4n) is 5.39. The number of carboxylic acid groups (broad SMARTS) is 1. The van der Waals surface area contributed by atoms with Gasteiger partial charge in [-0.05, 0) is 78.8 Å². The van der Waals surface area contributed by atoms with Gasteiger partial charge < -0.3 is 19.9 Å². The quantitative estimate of drug-likeness (QED) is 0.313. The molecule has 196 valence electrons. The summed E-state index contributed by atoms with van der Waals surface area (Å²) in [6.07, 6.45) is 4.04. The van der Waals surface area contributed by atoms with Crippen LogP contribution < -0.4 is 5.32 Å². The van der Waals surface area contributed by atoms with Gasteiger partial charge in [0.2, 0.25) is 0 Å². The number of carboxylic acids is 1. The van der Waals surface area contributed by atoms with Gasteiger partial charge in [-0.3, -0.25) is 4.79 Å². The molecule has 0 spiro atoms. The highest BCUT2D eigenvalue weighted by atomic mass is 16.4. The van der Waals surface area contributed by atoms with Crippen molar-refractivity contribution in [3.05, 3.63) is 101 Å². The molecule has 0 bridgehead atoms. The molecule has 6 heteroatoms. The van der Waals surface area contributed by atoms with E-state index in [1.165, 1.54) is 5.56 Å². The predicted molar refractivity (Wildman–Crippen MR) is 151 cm³/mol. The highest BCUT2D eigenvalue weighted by Gasteiger charge is 2.25. The smallest absolute Gasteiger partial charge is 0.335 e. The Morgan fingerprint density at radius 1 is 1.05 bits per heavy atom. The van der Waals surface area contributed by atoms with Gasteiger partial charge in [-0.1, -0.05) is 44.2 Å². The van der Waals surface area contributed by atoms with E-state index in [2.05, 4.69) is 42.1 Å². The van der Waals surface area contributed by atoms with Crippen LogP contribution in [0.2, 0.25) is 0 Å². The number of hydrogen-bond acceptors (Lipinski definition) is 3. The topological polar surface area (TPSA) is 74.6 Å². The van der Waals surface area contributed by atoms with Crippen molar-refractivity contribution in [2.75, 3.05) is 13.1 Å². The number of carbonyl (C=O) groups is 2. The second-order valence-electron chi connectivity index (χ2n) is 10.6. The maximum Gasteiger partial charge on any atom is 0.335 e. The van der Waals surface area contributed by atoms with E-state index < -0.39 is 5.97 Å². The van der Waals surface area contributed by atoms with Crippen LogP contribution >= 0.6 is 0 Å². The number of aromatic nitrogens is 1. The molecule has 2 N–H and O–H groups in total. The summed E-state index contributed by atoms with van der Waals surface area (Å²) in [6.45, 7) is 8.15. The van der Waals surface area contributed by atoms with Crippen molar-refractivity contribution < 1.29 is 14.7 Å². The molecule has 0 radical (unpaired) electrons. The van der Waals surface area contributed by atoms with Gasteiger partial charge in [-0.2, -0.15) is 0 Å². The van der Waals surface area contributed by atoms with Crippen molar-refractivity contribution in [1.29, 1.82) is 0 Å². The Morgan fingerprint density at radius 3 is 2.47 bits per heavy atom. The minimum Gasteiger partial charge on any atom is -0.478 e. The SMILES string of the molecule is Cc1cc2c(cc1C(=O)O)c(CNC1CCCN(C(=O)c3ccc(C(C)C)cc3)C1)cn2-c1ccccc1. The maximum atomic E-state index is 13.2. The van der Waals surface area contributed by atoms with Crippen LogP contribution in [0.15, 0.2) is 72.9 Å². The number of likely N-dealkylation sites (tertiary alicyclic amines) is 1. The first-order chi connectivity index (χ1) is 18.3. The normalized spacial score (nSPS) is 15.8. The molecular weight excluding hydrogens is 474 g/mol. The summed E-state index contributed by atoms with van der Waals surface area (Å²) in [5.41, 5.74) is 6.09. The van der Waals surface area contributed by atoms with Crippen molar-refractivity contribution >= 4 is 22.8 Å². The predicted octanol–water partition coefficient (Wildman–Crippen LogP) is 6.15. The molecule has 1 aromatic heterocycles. The standard InChI is InChI=1S/C32H35N3O3/c1-21(2)23-11-13-24(14-12-23)31(36)34-15-7-8-26(20-34)33-18-25-19-35(27-9-5-4-6-10-27)30-16-22(3)28(32(37)38)17-29(25)30/h4-6,9-14,16-17,19,21,26,33H,7-8,15,18,20H2,1-3H3,(H,37,38). The van der Waals surface area contributed by atoms with Crippen LogP contribution in [0.1, 0.15) is 70.0 Å². The third kappa shape index (κ3) is 5.22. The maximum absolute atomic E-state index is 13.2. The van der Waals surface area contributed by atoms with Crippen molar-refractivity contribution in [2.45, 2.75) is 52.1 Å². The van der Waals surface area contributed by atoms with Crippen molar-refractivity contribution in [3.8, 4) is 5.69 Å². The van der Waals surface area contributed by atoms with E-state index in [0.717, 1.165) is 52.7 Å².